The molecular formula is C17H32N2O2. The van der Waals surface area contributed by atoms with Crippen LogP contribution in [0.5, 0.6) is 0 Å². The molecule has 2 aliphatic rings. The Morgan fingerprint density at radius 2 is 1.95 bits per heavy atom. The molecule has 21 heavy (non-hydrogen) atoms. The average molecular weight is 296 g/mol. The van der Waals surface area contributed by atoms with Crippen molar-refractivity contribution in [2.75, 3.05) is 19.7 Å². The molecule has 0 radical (unpaired) electrons. The maximum absolute atomic E-state index is 11.7. The Balaban J connectivity index is 1.75. The van der Waals surface area contributed by atoms with Crippen molar-refractivity contribution in [3.05, 3.63) is 0 Å². The molecule has 0 spiro atoms. The molecule has 1 aliphatic carbocycles. The fourth-order valence-corrected chi connectivity index (χ4v) is 3.94. The summed E-state index contributed by atoms with van der Waals surface area (Å²) in [6, 6.07) is 1.21. The van der Waals surface area contributed by atoms with E-state index in [-0.39, 0.29) is 6.09 Å². The second-order valence-electron chi connectivity index (χ2n) is 7.62. The van der Waals surface area contributed by atoms with Gasteiger partial charge in [0.1, 0.15) is 0 Å². The third-order valence-corrected chi connectivity index (χ3v) is 5.16. The Kier molecular flexibility index (Phi) is 5.53. The van der Waals surface area contributed by atoms with Gasteiger partial charge >= 0.3 is 6.09 Å². The predicted molar refractivity (Wildman–Crippen MR) is 85.3 cm³/mol. The van der Waals surface area contributed by atoms with Crippen molar-refractivity contribution in [1.29, 1.82) is 0 Å². The molecule has 2 rings (SSSR count). The molecule has 2 atom stereocenters. The Labute approximate surface area is 129 Å². The molecule has 122 valence electrons. The van der Waals surface area contributed by atoms with E-state index in [1.54, 1.807) is 0 Å². The molecule has 0 bridgehead atoms. The molecule has 2 fully saturated rings. The van der Waals surface area contributed by atoms with E-state index in [4.69, 9.17) is 4.74 Å². The number of carbonyl (C=O) groups is 1. The first-order valence-electron chi connectivity index (χ1n) is 8.59. The van der Waals surface area contributed by atoms with Gasteiger partial charge in [0.2, 0.25) is 0 Å². The van der Waals surface area contributed by atoms with Crippen molar-refractivity contribution in [1.82, 2.24) is 10.2 Å². The Morgan fingerprint density at radius 3 is 2.52 bits per heavy atom. The van der Waals surface area contributed by atoms with Crippen LogP contribution in [-0.2, 0) is 4.74 Å². The van der Waals surface area contributed by atoms with Crippen molar-refractivity contribution in [3.8, 4) is 0 Å². The molecule has 1 saturated heterocycles. The van der Waals surface area contributed by atoms with Crippen LogP contribution in [0, 0.1) is 11.3 Å². The third kappa shape index (κ3) is 4.60. The van der Waals surface area contributed by atoms with Crippen LogP contribution in [-0.4, -0.2) is 42.8 Å². The molecular weight excluding hydrogens is 264 g/mol. The Bertz CT molecular complexity index is 349. The van der Waals surface area contributed by atoms with Crippen LogP contribution < -0.4 is 5.32 Å². The molecule has 4 heteroatoms. The maximum Gasteiger partial charge on any atom is 0.409 e. The predicted octanol–water partition coefficient (Wildman–Crippen LogP) is 3.41. The number of amides is 1. The normalized spacial score (nSPS) is 30.2. The number of piperidine rings is 1. The summed E-state index contributed by atoms with van der Waals surface area (Å²) in [5, 5.41) is 3.86. The van der Waals surface area contributed by atoms with Gasteiger partial charge in [-0.25, -0.2) is 4.79 Å². The first-order valence-corrected chi connectivity index (χ1v) is 8.59. The van der Waals surface area contributed by atoms with Gasteiger partial charge in [-0.05, 0) is 50.4 Å². The molecule has 0 aromatic heterocycles. The van der Waals surface area contributed by atoms with Gasteiger partial charge in [0.25, 0.3) is 0 Å². The van der Waals surface area contributed by atoms with Crippen molar-refractivity contribution in [3.63, 3.8) is 0 Å². The summed E-state index contributed by atoms with van der Waals surface area (Å²) in [5.41, 5.74) is 0.505. The minimum atomic E-state index is -0.149. The summed E-state index contributed by atoms with van der Waals surface area (Å²) in [7, 11) is 0. The zero-order valence-corrected chi connectivity index (χ0v) is 14.2. The van der Waals surface area contributed by atoms with E-state index in [1.807, 2.05) is 11.8 Å². The number of nitrogens with zero attached hydrogens (tertiary/aromatic N) is 1. The minimum Gasteiger partial charge on any atom is -0.450 e. The molecule has 1 heterocycles. The highest BCUT2D eigenvalue weighted by Gasteiger charge is 2.34. The summed E-state index contributed by atoms with van der Waals surface area (Å²) in [5.74, 6) is 0.747. The maximum atomic E-state index is 11.7. The van der Waals surface area contributed by atoms with Crippen molar-refractivity contribution in [2.45, 2.75) is 71.9 Å². The van der Waals surface area contributed by atoms with E-state index in [9.17, 15) is 4.79 Å². The zero-order chi connectivity index (χ0) is 15.5. The fraction of sp³-hybridized carbons (Fsp3) is 0.941. The van der Waals surface area contributed by atoms with Crippen LogP contribution in [0.3, 0.4) is 0 Å². The molecule has 1 N–H and O–H groups in total. The summed E-state index contributed by atoms with van der Waals surface area (Å²) in [6.07, 6.45) is 5.86. The fourth-order valence-electron chi connectivity index (χ4n) is 3.94. The second kappa shape index (κ2) is 6.99. The first-order chi connectivity index (χ1) is 9.91. The van der Waals surface area contributed by atoms with Crippen molar-refractivity contribution >= 4 is 6.09 Å². The molecule has 0 aromatic carbocycles. The molecule has 1 amide bonds. The molecule has 0 aromatic rings. The number of ether oxygens (including phenoxy) is 1. The van der Waals surface area contributed by atoms with Crippen LogP contribution >= 0.6 is 0 Å². The number of nitrogens with one attached hydrogen (secondary N) is 1. The van der Waals surface area contributed by atoms with E-state index < -0.39 is 0 Å². The summed E-state index contributed by atoms with van der Waals surface area (Å²) >= 11 is 0. The number of hydrogen-bond donors (Lipinski definition) is 1. The lowest BCUT2D eigenvalue weighted by atomic mass is 9.70. The number of likely N-dealkylation sites (tertiary alicyclic amines) is 1. The van der Waals surface area contributed by atoms with Gasteiger partial charge in [-0.2, -0.15) is 0 Å². The van der Waals surface area contributed by atoms with E-state index in [1.165, 1.54) is 19.3 Å². The van der Waals surface area contributed by atoms with Gasteiger partial charge in [0, 0.05) is 25.2 Å². The SMILES string of the molecule is CCOC(=O)N1CCC(NC2CCC(C)(C)CC2C)CC1. The molecule has 4 nitrogen and oxygen atoms in total. The van der Waals surface area contributed by atoms with E-state index in [0.717, 1.165) is 31.8 Å². The highest BCUT2D eigenvalue weighted by molar-refractivity contribution is 5.67. The summed E-state index contributed by atoms with van der Waals surface area (Å²) in [4.78, 5) is 13.5. The van der Waals surface area contributed by atoms with Gasteiger partial charge in [0.15, 0.2) is 0 Å². The highest BCUT2D eigenvalue weighted by atomic mass is 16.6. The lowest BCUT2D eigenvalue weighted by Gasteiger charge is -2.42. The van der Waals surface area contributed by atoms with Gasteiger partial charge in [-0.3, -0.25) is 0 Å². The molecule has 2 unspecified atom stereocenters. The van der Waals surface area contributed by atoms with Gasteiger partial charge < -0.3 is 15.0 Å². The largest absolute Gasteiger partial charge is 0.450 e. The standard InChI is InChI=1S/C17H32N2O2/c1-5-21-16(20)19-10-7-14(8-11-19)18-15-6-9-17(3,4)12-13(15)2/h13-15,18H,5-12H2,1-4H3. The third-order valence-electron chi connectivity index (χ3n) is 5.16. The number of carbonyl (C=O) groups excluding carboxylic acids is 1. The minimum absolute atomic E-state index is 0.149. The average Bonchev–Trinajstić information content (AvgIpc) is 2.42. The topological polar surface area (TPSA) is 41.6 Å². The summed E-state index contributed by atoms with van der Waals surface area (Å²) < 4.78 is 5.07. The van der Waals surface area contributed by atoms with E-state index in [2.05, 4.69) is 26.1 Å². The first kappa shape index (κ1) is 16.6. The quantitative estimate of drug-likeness (QED) is 0.867. The molecule has 1 aliphatic heterocycles. The second-order valence-corrected chi connectivity index (χ2v) is 7.62. The number of hydrogen-bond acceptors (Lipinski definition) is 3. The van der Waals surface area contributed by atoms with E-state index >= 15 is 0 Å². The lowest BCUT2D eigenvalue weighted by Crippen LogP contribution is -2.51. The zero-order valence-electron chi connectivity index (χ0n) is 14.2. The van der Waals surface area contributed by atoms with Gasteiger partial charge in [0.05, 0.1) is 6.61 Å². The van der Waals surface area contributed by atoms with Crippen LogP contribution in [0.4, 0.5) is 4.79 Å². The van der Waals surface area contributed by atoms with Crippen LogP contribution in [0.25, 0.3) is 0 Å². The van der Waals surface area contributed by atoms with Crippen LogP contribution in [0.2, 0.25) is 0 Å². The van der Waals surface area contributed by atoms with Crippen LogP contribution in [0.1, 0.15) is 59.8 Å². The summed E-state index contributed by atoms with van der Waals surface area (Å²) in [6.45, 7) is 11.1. The van der Waals surface area contributed by atoms with Gasteiger partial charge in [-0.1, -0.05) is 20.8 Å². The Morgan fingerprint density at radius 1 is 1.29 bits per heavy atom. The molecule has 1 saturated carbocycles. The lowest BCUT2D eigenvalue weighted by molar-refractivity contribution is 0.0883. The number of rotatable bonds is 3. The van der Waals surface area contributed by atoms with E-state index in [0.29, 0.717) is 24.1 Å². The van der Waals surface area contributed by atoms with Gasteiger partial charge in [-0.15, -0.1) is 0 Å². The van der Waals surface area contributed by atoms with Crippen LogP contribution in [0.15, 0.2) is 0 Å². The van der Waals surface area contributed by atoms with Crippen molar-refractivity contribution < 1.29 is 9.53 Å². The van der Waals surface area contributed by atoms with Crippen molar-refractivity contribution in [2.24, 2.45) is 11.3 Å². The Hall–Kier alpha value is -0.770. The smallest absolute Gasteiger partial charge is 0.409 e. The highest BCUT2D eigenvalue weighted by Crippen LogP contribution is 2.38. The monoisotopic (exact) mass is 296 g/mol.